The third-order valence-electron chi connectivity index (χ3n) is 3.91. The van der Waals surface area contributed by atoms with Gasteiger partial charge in [-0.3, -0.25) is 9.59 Å². The molecule has 5 nitrogen and oxygen atoms in total. The van der Waals surface area contributed by atoms with Crippen molar-refractivity contribution in [3.05, 3.63) is 57.5 Å². The van der Waals surface area contributed by atoms with Crippen molar-refractivity contribution in [1.82, 2.24) is 4.57 Å². The average Bonchev–Trinajstić information content (AvgIpc) is 2.44. The molecule has 5 heteroatoms. The zero-order valence-electron chi connectivity index (χ0n) is 11.8. The topological polar surface area (TPSA) is 68.5 Å². The minimum absolute atomic E-state index is 0.121. The van der Waals surface area contributed by atoms with E-state index in [1.165, 1.54) is 0 Å². The Hall–Kier alpha value is -2.56. The highest BCUT2D eigenvalue weighted by Gasteiger charge is 2.32. The van der Waals surface area contributed by atoms with E-state index in [1.807, 2.05) is 0 Å². The first-order valence-electron chi connectivity index (χ1n) is 6.67. The van der Waals surface area contributed by atoms with E-state index in [0.717, 1.165) is 11.3 Å². The fraction of sp³-hybridized carbons (Fsp3) is 0.250. The molecule has 1 aromatic heterocycles. The predicted molar refractivity (Wildman–Crippen MR) is 76.6 cm³/mol. The number of aryl methyl sites for hydroxylation is 1. The summed E-state index contributed by atoms with van der Waals surface area (Å²) in [6, 6.07) is 8.26. The molecule has 1 aromatic carbocycles. The van der Waals surface area contributed by atoms with Gasteiger partial charge in [-0.1, -0.05) is 12.1 Å². The molecule has 108 valence electrons. The van der Waals surface area contributed by atoms with Gasteiger partial charge < -0.3 is 14.4 Å². The Morgan fingerprint density at radius 3 is 2.57 bits per heavy atom. The third-order valence-corrected chi connectivity index (χ3v) is 3.91. The molecule has 1 unspecified atom stereocenters. The van der Waals surface area contributed by atoms with E-state index in [9.17, 15) is 14.7 Å². The minimum Gasteiger partial charge on any atom is -0.508 e. The third kappa shape index (κ3) is 2.20. The highest BCUT2D eigenvalue weighted by molar-refractivity contribution is 5.77. The number of phenols is 1. The highest BCUT2D eigenvalue weighted by atomic mass is 16.5. The molecule has 1 aliphatic rings. The van der Waals surface area contributed by atoms with Gasteiger partial charge in [0, 0.05) is 24.7 Å². The summed E-state index contributed by atoms with van der Waals surface area (Å²) in [5, 5.41) is 9.38. The van der Waals surface area contributed by atoms with Crippen LogP contribution < -0.4 is 10.3 Å². The van der Waals surface area contributed by atoms with Crippen LogP contribution in [0.2, 0.25) is 0 Å². The summed E-state index contributed by atoms with van der Waals surface area (Å²) in [4.78, 5) is 24.3. The summed E-state index contributed by atoms with van der Waals surface area (Å²) in [6.45, 7) is 1.79. The van der Waals surface area contributed by atoms with Crippen LogP contribution in [0.1, 0.15) is 29.2 Å². The number of carbonyl (C=O) groups excluding carboxylic acids is 1. The maximum Gasteiger partial charge on any atom is 0.312 e. The van der Waals surface area contributed by atoms with E-state index in [0.29, 0.717) is 11.3 Å². The zero-order chi connectivity index (χ0) is 15.1. The maximum atomic E-state index is 12.5. The molecule has 1 atom stereocenters. The van der Waals surface area contributed by atoms with E-state index >= 15 is 0 Å². The van der Waals surface area contributed by atoms with Crippen LogP contribution in [-0.2, 0) is 11.8 Å². The SMILES string of the molecule is Cc1cc2c(c(=O)n1C)C(c1ccc(O)cc1)CC(=O)O2. The Morgan fingerprint density at radius 1 is 1.24 bits per heavy atom. The van der Waals surface area contributed by atoms with Gasteiger partial charge in [0.2, 0.25) is 0 Å². The molecule has 0 saturated carbocycles. The van der Waals surface area contributed by atoms with Crippen molar-refractivity contribution < 1.29 is 14.6 Å². The molecule has 0 radical (unpaired) electrons. The van der Waals surface area contributed by atoms with E-state index in [-0.39, 0.29) is 29.6 Å². The lowest BCUT2D eigenvalue weighted by Crippen LogP contribution is -2.31. The predicted octanol–water partition coefficient (Wildman–Crippen LogP) is 1.84. The van der Waals surface area contributed by atoms with Crippen molar-refractivity contribution >= 4 is 5.97 Å². The van der Waals surface area contributed by atoms with Crippen molar-refractivity contribution in [2.45, 2.75) is 19.3 Å². The first-order chi connectivity index (χ1) is 9.97. The zero-order valence-corrected chi connectivity index (χ0v) is 11.8. The first-order valence-corrected chi connectivity index (χ1v) is 6.67. The number of nitrogens with zero attached hydrogens (tertiary/aromatic N) is 1. The van der Waals surface area contributed by atoms with E-state index in [1.54, 1.807) is 48.9 Å². The van der Waals surface area contributed by atoms with Crippen molar-refractivity contribution in [2.24, 2.45) is 7.05 Å². The van der Waals surface area contributed by atoms with Crippen LogP contribution in [0.5, 0.6) is 11.5 Å². The van der Waals surface area contributed by atoms with Crippen LogP contribution in [0.15, 0.2) is 35.1 Å². The molecule has 0 aliphatic carbocycles. The van der Waals surface area contributed by atoms with Gasteiger partial charge in [-0.15, -0.1) is 0 Å². The lowest BCUT2D eigenvalue weighted by atomic mass is 9.87. The van der Waals surface area contributed by atoms with E-state index < -0.39 is 0 Å². The number of rotatable bonds is 1. The number of aromatic nitrogens is 1. The average molecular weight is 285 g/mol. The van der Waals surface area contributed by atoms with Gasteiger partial charge in [-0.2, -0.15) is 0 Å². The van der Waals surface area contributed by atoms with Crippen LogP contribution in [-0.4, -0.2) is 15.6 Å². The van der Waals surface area contributed by atoms with E-state index in [4.69, 9.17) is 4.74 Å². The first kappa shape index (κ1) is 13.4. The highest BCUT2D eigenvalue weighted by Crippen LogP contribution is 2.37. The Balaban J connectivity index is 2.21. The number of aromatic hydroxyl groups is 1. The largest absolute Gasteiger partial charge is 0.508 e. The fourth-order valence-electron chi connectivity index (χ4n) is 2.64. The van der Waals surface area contributed by atoms with E-state index in [2.05, 4.69) is 0 Å². The van der Waals surface area contributed by atoms with Crippen LogP contribution in [0, 0.1) is 6.92 Å². The normalized spacial score (nSPS) is 17.2. The minimum atomic E-state index is -0.353. The molecule has 1 N–H and O–H groups in total. The Labute approximate surface area is 121 Å². The summed E-state index contributed by atoms with van der Waals surface area (Å²) in [5.41, 5.74) is 1.88. The van der Waals surface area contributed by atoms with Crippen LogP contribution >= 0.6 is 0 Å². The Morgan fingerprint density at radius 2 is 1.90 bits per heavy atom. The van der Waals surface area contributed by atoms with Gasteiger partial charge in [0.1, 0.15) is 11.5 Å². The molecule has 2 heterocycles. The molecule has 2 aromatic rings. The maximum absolute atomic E-state index is 12.5. The Bertz CT molecular complexity index is 774. The summed E-state index contributed by atoms with van der Waals surface area (Å²) >= 11 is 0. The fourth-order valence-corrected chi connectivity index (χ4v) is 2.64. The van der Waals surface area contributed by atoms with Gasteiger partial charge in [0.25, 0.3) is 5.56 Å². The second-order valence-electron chi connectivity index (χ2n) is 5.25. The summed E-state index contributed by atoms with van der Waals surface area (Å²) in [5.74, 6) is -0.214. The van der Waals surface area contributed by atoms with Gasteiger partial charge in [-0.05, 0) is 24.6 Å². The summed E-state index contributed by atoms with van der Waals surface area (Å²) in [7, 11) is 1.70. The monoisotopic (exact) mass is 285 g/mol. The lowest BCUT2D eigenvalue weighted by Gasteiger charge is -2.25. The summed E-state index contributed by atoms with van der Waals surface area (Å²) in [6.07, 6.45) is 0.121. The molecule has 0 bridgehead atoms. The number of ether oxygens (including phenoxy) is 1. The quantitative estimate of drug-likeness (QED) is 0.812. The second-order valence-corrected chi connectivity index (χ2v) is 5.25. The number of hydrogen-bond donors (Lipinski definition) is 1. The Kier molecular flexibility index (Phi) is 3.05. The molecule has 0 fully saturated rings. The molecule has 0 saturated heterocycles. The van der Waals surface area contributed by atoms with Crippen molar-refractivity contribution in [2.75, 3.05) is 0 Å². The number of carbonyl (C=O) groups is 1. The molecule has 21 heavy (non-hydrogen) atoms. The second kappa shape index (κ2) is 4.77. The molecular formula is C16H15NO4. The molecule has 3 rings (SSSR count). The lowest BCUT2D eigenvalue weighted by molar-refractivity contribution is -0.135. The van der Waals surface area contributed by atoms with Crippen LogP contribution in [0.4, 0.5) is 0 Å². The van der Waals surface area contributed by atoms with Crippen molar-refractivity contribution in [3.63, 3.8) is 0 Å². The smallest absolute Gasteiger partial charge is 0.312 e. The summed E-state index contributed by atoms with van der Waals surface area (Å²) < 4.78 is 6.77. The standard InChI is InChI=1S/C16H15NO4/c1-9-7-13-15(16(20)17(9)2)12(8-14(19)21-13)10-3-5-11(18)6-4-10/h3-7,12,18H,8H2,1-2H3. The van der Waals surface area contributed by atoms with Gasteiger partial charge >= 0.3 is 5.97 Å². The van der Waals surface area contributed by atoms with Gasteiger partial charge in [0.05, 0.1) is 12.0 Å². The number of phenolic OH excluding ortho intramolecular Hbond substituents is 1. The molecular weight excluding hydrogens is 270 g/mol. The van der Waals surface area contributed by atoms with Gasteiger partial charge in [0.15, 0.2) is 0 Å². The van der Waals surface area contributed by atoms with Crippen LogP contribution in [0.3, 0.4) is 0 Å². The van der Waals surface area contributed by atoms with Crippen molar-refractivity contribution in [1.29, 1.82) is 0 Å². The van der Waals surface area contributed by atoms with Crippen LogP contribution in [0.25, 0.3) is 0 Å². The number of hydrogen-bond acceptors (Lipinski definition) is 4. The molecule has 0 amide bonds. The van der Waals surface area contributed by atoms with Crippen molar-refractivity contribution in [3.8, 4) is 11.5 Å². The number of esters is 1. The number of fused-ring (bicyclic) bond motifs is 1. The molecule has 0 spiro atoms. The molecule has 1 aliphatic heterocycles. The number of benzene rings is 1. The number of pyridine rings is 1. The van der Waals surface area contributed by atoms with Gasteiger partial charge in [-0.25, -0.2) is 0 Å².